The second-order valence-corrected chi connectivity index (χ2v) is 9.60. The van der Waals surface area contributed by atoms with Gasteiger partial charge in [0.15, 0.2) is 6.04 Å². The summed E-state index contributed by atoms with van der Waals surface area (Å²) in [6, 6.07) is 21.7. The molecule has 2 N–H and O–H groups in total. The molecule has 1 heterocycles. The average Bonchev–Trinajstić information content (AvgIpc) is 2.88. The summed E-state index contributed by atoms with van der Waals surface area (Å²) in [4.78, 5) is 41.8. The van der Waals surface area contributed by atoms with Gasteiger partial charge in [-0.25, -0.2) is 0 Å². The van der Waals surface area contributed by atoms with Crippen LogP contribution in [0.5, 0.6) is 0 Å². The molecule has 6 nitrogen and oxygen atoms in total. The molecule has 2 atom stereocenters. The minimum Gasteiger partial charge on any atom is -0.351 e. The van der Waals surface area contributed by atoms with E-state index < -0.39 is 18.0 Å². The number of carbonyl (C=O) groups is 3. The predicted molar refractivity (Wildman–Crippen MR) is 135 cm³/mol. The molecule has 3 aromatic rings. The predicted octanol–water partition coefficient (Wildman–Crippen LogP) is 3.73. The molecule has 0 radical (unpaired) electrons. The number of carbonyl (C=O) groups excluding carboxylic acids is 3. The van der Waals surface area contributed by atoms with Gasteiger partial charge in [0.2, 0.25) is 5.91 Å². The first-order chi connectivity index (χ1) is 17.1. The number of hydrogen-bond donors (Lipinski definition) is 2. The summed E-state index contributed by atoms with van der Waals surface area (Å²) in [6.45, 7) is 0.210. The standard InChI is InChI=1S/C29H31N3O3/c33-27(30-23-15-5-2-6-16-23)26-28(34)31-25(29(35)32(26)19-20-10-3-1-4-11-20)18-22-14-9-13-21-12-7-8-17-24(21)22/h1,3-4,7-14,17,23,25-26H,2,5-6,15-16,18-19H2,(H,30,33)(H,31,34). The first kappa shape index (κ1) is 23.1. The van der Waals surface area contributed by atoms with E-state index in [1.165, 1.54) is 11.3 Å². The highest BCUT2D eigenvalue weighted by Gasteiger charge is 2.45. The first-order valence-electron chi connectivity index (χ1n) is 12.5. The van der Waals surface area contributed by atoms with Gasteiger partial charge in [0.25, 0.3) is 11.8 Å². The number of nitrogens with zero attached hydrogens (tertiary/aromatic N) is 1. The van der Waals surface area contributed by atoms with Gasteiger partial charge >= 0.3 is 0 Å². The van der Waals surface area contributed by atoms with Gasteiger partial charge in [-0.3, -0.25) is 14.4 Å². The van der Waals surface area contributed by atoms with E-state index in [0.29, 0.717) is 6.42 Å². The minimum atomic E-state index is -1.17. The quantitative estimate of drug-likeness (QED) is 0.540. The smallest absolute Gasteiger partial charge is 0.253 e. The van der Waals surface area contributed by atoms with Crippen molar-refractivity contribution in [3.8, 4) is 0 Å². The zero-order valence-electron chi connectivity index (χ0n) is 19.8. The third-order valence-electron chi connectivity index (χ3n) is 7.16. The number of nitrogens with one attached hydrogen (secondary N) is 2. The molecule has 1 aliphatic carbocycles. The van der Waals surface area contributed by atoms with Crippen LogP contribution in [0.3, 0.4) is 0 Å². The molecular formula is C29H31N3O3. The number of amides is 3. The Kier molecular flexibility index (Phi) is 6.80. The maximum absolute atomic E-state index is 13.8. The minimum absolute atomic E-state index is 0.0612. The van der Waals surface area contributed by atoms with Crippen LogP contribution in [0.2, 0.25) is 0 Å². The Hall–Kier alpha value is -3.67. The number of fused-ring (bicyclic) bond motifs is 1. The molecule has 1 saturated heterocycles. The molecule has 6 heteroatoms. The summed E-state index contributed by atoms with van der Waals surface area (Å²) < 4.78 is 0. The van der Waals surface area contributed by atoms with Crippen LogP contribution in [0, 0.1) is 0 Å². The Bertz CT molecular complexity index is 1210. The van der Waals surface area contributed by atoms with Crippen molar-refractivity contribution in [1.82, 2.24) is 15.5 Å². The van der Waals surface area contributed by atoms with Crippen LogP contribution in [0.4, 0.5) is 0 Å². The van der Waals surface area contributed by atoms with E-state index in [2.05, 4.69) is 10.6 Å². The van der Waals surface area contributed by atoms with Crippen molar-refractivity contribution in [2.75, 3.05) is 0 Å². The molecule has 180 valence electrons. The third kappa shape index (κ3) is 5.06. The van der Waals surface area contributed by atoms with Crippen LogP contribution in [0.25, 0.3) is 10.8 Å². The maximum atomic E-state index is 13.8. The lowest BCUT2D eigenvalue weighted by Crippen LogP contribution is -2.67. The van der Waals surface area contributed by atoms with Crippen molar-refractivity contribution >= 4 is 28.5 Å². The highest BCUT2D eigenvalue weighted by atomic mass is 16.2. The van der Waals surface area contributed by atoms with Gasteiger partial charge in [0.05, 0.1) is 0 Å². The molecule has 2 fully saturated rings. The summed E-state index contributed by atoms with van der Waals surface area (Å²) in [7, 11) is 0. The monoisotopic (exact) mass is 469 g/mol. The lowest BCUT2D eigenvalue weighted by Gasteiger charge is -2.39. The van der Waals surface area contributed by atoms with Gasteiger partial charge < -0.3 is 15.5 Å². The summed E-state index contributed by atoms with van der Waals surface area (Å²) >= 11 is 0. The number of hydrogen-bond acceptors (Lipinski definition) is 3. The third-order valence-corrected chi connectivity index (χ3v) is 7.16. The molecule has 35 heavy (non-hydrogen) atoms. The Morgan fingerprint density at radius 1 is 0.886 bits per heavy atom. The normalized spacial score (nSPS) is 21.1. The van der Waals surface area contributed by atoms with Crippen LogP contribution in [0.1, 0.15) is 43.2 Å². The number of rotatable bonds is 6. The van der Waals surface area contributed by atoms with E-state index in [9.17, 15) is 14.4 Å². The van der Waals surface area contributed by atoms with E-state index in [-0.39, 0.29) is 24.4 Å². The fourth-order valence-corrected chi connectivity index (χ4v) is 5.35. The number of benzene rings is 3. The SMILES string of the molecule is O=C(NC1CCCCC1)C1C(=O)NC(Cc2cccc3ccccc23)C(=O)N1Cc1ccccc1. The van der Waals surface area contributed by atoms with Crippen LogP contribution < -0.4 is 10.6 Å². The Morgan fingerprint density at radius 3 is 2.40 bits per heavy atom. The first-order valence-corrected chi connectivity index (χ1v) is 12.5. The van der Waals surface area contributed by atoms with E-state index in [0.717, 1.165) is 47.6 Å². The molecule has 2 unspecified atom stereocenters. The highest BCUT2D eigenvalue weighted by Crippen LogP contribution is 2.24. The van der Waals surface area contributed by atoms with Crippen molar-refractivity contribution in [2.45, 2.75) is 63.2 Å². The topological polar surface area (TPSA) is 78.5 Å². The summed E-state index contributed by atoms with van der Waals surface area (Å²) in [6.07, 6.45) is 5.51. The van der Waals surface area contributed by atoms with Crippen molar-refractivity contribution < 1.29 is 14.4 Å². The maximum Gasteiger partial charge on any atom is 0.253 e. The largest absolute Gasteiger partial charge is 0.351 e. The van der Waals surface area contributed by atoms with Gasteiger partial charge in [-0.15, -0.1) is 0 Å². The zero-order chi connectivity index (χ0) is 24.2. The summed E-state index contributed by atoms with van der Waals surface area (Å²) in [5.74, 6) is -1.04. The van der Waals surface area contributed by atoms with Gasteiger partial charge in [-0.1, -0.05) is 92.1 Å². The fourth-order valence-electron chi connectivity index (χ4n) is 5.35. The molecule has 3 aromatic carbocycles. The Balaban J connectivity index is 1.41. The average molecular weight is 470 g/mol. The molecule has 1 saturated carbocycles. The second-order valence-electron chi connectivity index (χ2n) is 9.60. The lowest BCUT2D eigenvalue weighted by atomic mass is 9.94. The van der Waals surface area contributed by atoms with E-state index in [1.54, 1.807) is 0 Å². The van der Waals surface area contributed by atoms with Crippen LogP contribution >= 0.6 is 0 Å². The Morgan fingerprint density at radius 2 is 1.60 bits per heavy atom. The highest BCUT2D eigenvalue weighted by molar-refractivity contribution is 6.11. The van der Waals surface area contributed by atoms with Gasteiger partial charge in [-0.05, 0) is 34.7 Å². The van der Waals surface area contributed by atoms with E-state index in [4.69, 9.17) is 0 Å². The van der Waals surface area contributed by atoms with Crippen LogP contribution in [0.15, 0.2) is 72.8 Å². The van der Waals surface area contributed by atoms with Crippen molar-refractivity contribution in [1.29, 1.82) is 0 Å². The molecule has 0 spiro atoms. The van der Waals surface area contributed by atoms with Gasteiger partial charge in [0.1, 0.15) is 6.04 Å². The summed E-state index contributed by atoms with van der Waals surface area (Å²) in [5.41, 5.74) is 1.88. The van der Waals surface area contributed by atoms with Gasteiger partial charge in [0, 0.05) is 19.0 Å². The van der Waals surface area contributed by atoms with Crippen LogP contribution in [-0.2, 0) is 27.3 Å². The molecule has 1 aliphatic heterocycles. The van der Waals surface area contributed by atoms with Crippen molar-refractivity contribution in [2.24, 2.45) is 0 Å². The lowest BCUT2D eigenvalue weighted by molar-refractivity contribution is -0.155. The van der Waals surface area contributed by atoms with E-state index in [1.807, 2.05) is 72.8 Å². The fraction of sp³-hybridized carbons (Fsp3) is 0.345. The molecule has 3 amide bonds. The Labute approximate surface area is 205 Å². The summed E-state index contributed by atoms with van der Waals surface area (Å²) in [5, 5.41) is 8.07. The molecule has 5 rings (SSSR count). The molecule has 0 aromatic heterocycles. The molecule has 0 bridgehead atoms. The van der Waals surface area contributed by atoms with Crippen molar-refractivity contribution in [3.05, 3.63) is 83.9 Å². The second kappa shape index (κ2) is 10.3. The zero-order valence-corrected chi connectivity index (χ0v) is 19.8. The molecular weight excluding hydrogens is 438 g/mol. The number of piperazine rings is 1. The van der Waals surface area contributed by atoms with Crippen LogP contribution in [-0.4, -0.2) is 40.7 Å². The van der Waals surface area contributed by atoms with Crippen molar-refractivity contribution in [3.63, 3.8) is 0 Å². The van der Waals surface area contributed by atoms with E-state index >= 15 is 0 Å². The molecule has 2 aliphatic rings. The van der Waals surface area contributed by atoms with Gasteiger partial charge in [-0.2, -0.15) is 0 Å².